The van der Waals surface area contributed by atoms with Crippen LogP contribution in [0.4, 0.5) is 5.69 Å². The van der Waals surface area contributed by atoms with Crippen LogP contribution in [-0.2, 0) is 14.8 Å². The standard InChI is InChI=1S/C20H25N3O5S/c1-5-23(6-2)29(26,27)16-10-8-15(9-11-16)22-19(24)18-13-12-17(14(4)21-18)20(25)28-7-3/h8-13H,5-7H2,1-4H3,(H,22,24). The average Bonchev–Trinajstić information content (AvgIpc) is 2.69. The minimum absolute atomic E-state index is 0.135. The summed E-state index contributed by atoms with van der Waals surface area (Å²) in [6.45, 7) is 7.89. The molecule has 1 aromatic heterocycles. The number of aryl methyl sites for hydroxylation is 1. The van der Waals surface area contributed by atoms with E-state index in [4.69, 9.17) is 4.74 Å². The lowest BCUT2D eigenvalue weighted by molar-refractivity contribution is 0.0524. The normalized spacial score (nSPS) is 11.3. The van der Waals surface area contributed by atoms with Gasteiger partial charge >= 0.3 is 5.97 Å². The van der Waals surface area contributed by atoms with E-state index in [1.165, 1.54) is 40.7 Å². The first-order valence-corrected chi connectivity index (χ1v) is 10.7. The zero-order chi connectivity index (χ0) is 21.6. The van der Waals surface area contributed by atoms with Crippen LogP contribution in [-0.4, -0.2) is 49.3 Å². The lowest BCUT2D eigenvalue weighted by Gasteiger charge is -2.18. The Kier molecular flexibility index (Phi) is 7.46. The molecule has 0 aliphatic carbocycles. The number of rotatable bonds is 8. The Morgan fingerprint density at radius 3 is 2.17 bits per heavy atom. The van der Waals surface area contributed by atoms with Crippen LogP contribution in [0.1, 0.15) is 47.3 Å². The summed E-state index contributed by atoms with van der Waals surface area (Å²) < 4.78 is 31.3. The number of sulfonamides is 1. The molecule has 2 aromatic rings. The van der Waals surface area contributed by atoms with Crippen molar-refractivity contribution in [3.63, 3.8) is 0 Å². The van der Waals surface area contributed by atoms with E-state index in [0.717, 1.165) is 0 Å². The Morgan fingerprint density at radius 2 is 1.66 bits per heavy atom. The molecule has 0 fully saturated rings. The van der Waals surface area contributed by atoms with Gasteiger partial charge in [0, 0.05) is 18.8 Å². The van der Waals surface area contributed by atoms with Crippen molar-refractivity contribution in [2.45, 2.75) is 32.6 Å². The van der Waals surface area contributed by atoms with E-state index in [0.29, 0.717) is 30.0 Å². The van der Waals surface area contributed by atoms with Gasteiger partial charge in [0.05, 0.1) is 22.8 Å². The van der Waals surface area contributed by atoms with Crippen LogP contribution in [0.15, 0.2) is 41.3 Å². The van der Waals surface area contributed by atoms with Gasteiger partial charge in [0.2, 0.25) is 10.0 Å². The summed E-state index contributed by atoms with van der Waals surface area (Å²) in [5.41, 5.74) is 1.25. The molecule has 9 heteroatoms. The lowest BCUT2D eigenvalue weighted by atomic mass is 10.2. The highest BCUT2D eigenvalue weighted by atomic mass is 32.2. The van der Waals surface area contributed by atoms with Crippen molar-refractivity contribution in [2.24, 2.45) is 0 Å². The first-order valence-electron chi connectivity index (χ1n) is 9.30. The maximum Gasteiger partial charge on any atom is 0.339 e. The van der Waals surface area contributed by atoms with Gasteiger partial charge < -0.3 is 10.1 Å². The van der Waals surface area contributed by atoms with Crippen molar-refractivity contribution in [1.82, 2.24) is 9.29 Å². The molecule has 0 aliphatic heterocycles. The van der Waals surface area contributed by atoms with Gasteiger partial charge in [-0.25, -0.2) is 18.2 Å². The minimum atomic E-state index is -3.56. The molecule has 0 spiro atoms. The van der Waals surface area contributed by atoms with Crippen LogP contribution in [0.25, 0.3) is 0 Å². The number of esters is 1. The fourth-order valence-corrected chi connectivity index (χ4v) is 4.19. The van der Waals surface area contributed by atoms with Gasteiger partial charge in [-0.1, -0.05) is 13.8 Å². The second kappa shape index (κ2) is 9.62. The highest BCUT2D eigenvalue weighted by molar-refractivity contribution is 7.89. The molecular formula is C20H25N3O5S. The van der Waals surface area contributed by atoms with E-state index in [9.17, 15) is 18.0 Å². The second-order valence-electron chi connectivity index (χ2n) is 6.12. The summed E-state index contributed by atoms with van der Waals surface area (Å²) >= 11 is 0. The van der Waals surface area contributed by atoms with Gasteiger partial charge in [0.15, 0.2) is 0 Å². The number of hydrogen-bond acceptors (Lipinski definition) is 6. The van der Waals surface area contributed by atoms with Gasteiger partial charge in [-0.2, -0.15) is 4.31 Å². The van der Waals surface area contributed by atoms with Crippen molar-refractivity contribution < 1.29 is 22.7 Å². The SMILES string of the molecule is CCOC(=O)c1ccc(C(=O)Nc2ccc(S(=O)(=O)N(CC)CC)cc2)nc1C. The Morgan fingerprint density at radius 1 is 1.03 bits per heavy atom. The minimum Gasteiger partial charge on any atom is -0.462 e. The van der Waals surface area contributed by atoms with Gasteiger partial charge in [-0.05, 0) is 50.2 Å². The molecule has 156 valence electrons. The van der Waals surface area contributed by atoms with E-state index in [-0.39, 0.29) is 17.2 Å². The maximum absolute atomic E-state index is 12.5. The third-order valence-electron chi connectivity index (χ3n) is 4.27. The highest BCUT2D eigenvalue weighted by Crippen LogP contribution is 2.19. The molecule has 1 N–H and O–H groups in total. The zero-order valence-corrected chi connectivity index (χ0v) is 17.7. The Labute approximate surface area is 170 Å². The molecule has 0 atom stereocenters. The largest absolute Gasteiger partial charge is 0.462 e. The number of carbonyl (C=O) groups excluding carboxylic acids is 2. The average molecular weight is 420 g/mol. The fraction of sp³-hybridized carbons (Fsp3) is 0.350. The molecule has 1 heterocycles. The van der Waals surface area contributed by atoms with E-state index in [1.54, 1.807) is 27.7 Å². The van der Waals surface area contributed by atoms with Crippen LogP contribution in [0.2, 0.25) is 0 Å². The smallest absolute Gasteiger partial charge is 0.339 e. The number of ether oxygens (including phenoxy) is 1. The van der Waals surface area contributed by atoms with Crippen LogP contribution < -0.4 is 5.32 Å². The molecule has 0 saturated heterocycles. The summed E-state index contributed by atoms with van der Waals surface area (Å²) in [5.74, 6) is -0.961. The lowest BCUT2D eigenvalue weighted by Crippen LogP contribution is -2.30. The number of pyridine rings is 1. The Hall–Kier alpha value is -2.78. The molecule has 2 rings (SSSR count). The molecule has 1 amide bonds. The summed E-state index contributed by atoms with van der Waals surface area (Å²) in [6, 6.07) is 8.88. The monoisotopic (exact) mass is 419 g/mol. The van der Waals surface area contributed by atoms with Crippen molar-refractivity contribution in [2.75, 3.05) is 25.0 Å². The summed E-state index contributed by atoms with van der Waals surface area (Å²) in [4.78, 5) is 28.6. The fourth-order valence-electron chi connectivity index (χ4n) is 2.73. The first kappa shape index (κ1) is 22.5. The number of carbonyl (C=O) groups is 2. The van der Waals surface area contributed by atoms with Crippen LogP contribution in [0, 0.1) is 6.92 Å². The van der Waals surface area contributed by atoms with Crippen molar-refractivity contribution >= 4 is 27.6 Å². The van der Waals surface area contributed by atoms with Gasteiger partial charge in [-0.15, -0.1) is 0 Å². The topological polar surface area (TPSA) is 106 Å². The molecule has 0 saturated carbocycles. The third kappa shape index (κ3) is 5.18. The number of benzene rings is 1. The molecular weight excluding hydrogens is 394 g/mol. The van der Waals surface area contributed by atoms with E-state index >= 15 is 0 Å². The zero-order valence-electron chi connectivity index (χ0n) is 16.9. The molecule has 29 heavy (non-hydrogen) atoms. The van der Waals surface area contributed by atoms with Crippen molar-refractivity contribution in [3.05, 3.63) is 53.3 Å². The van der Waals surface area contributed by atoms with E-state index < -0.39 is 21.9 Å². The quantitative estimate of drug-likeness (QED) is 0.660. The molecule has 0 bridgehead atoms. The molecule has 8 nitrogen and oxygen atoms in total. The molecule has 0 unspecified atom stereocenters. The first-order chi connectivity index (χ1) is 13.7. The number of hydrogen-bond donors (Lipinski definition) is 1. The number of amides is 1. The summed E-state index contributed by atoms with van der Waals surface area (Å²) in [6.07, 6.45) is 0. The molecule has 0 radical (unpaired) electrons. The van der Waals surface area contributed by atoms with Crippen LogP contribution >= 0.6 is 0 Å². The van der Waals surface area contributed by atoms with Crippen molar-refractivity contribution in [3.8, 4) is 0 Å². The Balaban J connectivity index is 2.15. The third-order valence-corrected chi connectivity index (χ3v) is 6.33. The number of nitrogens with zero attached hydrogens (tertiary/aromatic N) is 2. The van der Waals surface area contributed by atoms with E-state index in [1.807, 2.05) is 0 Å². The predicted molar refractivity (Wildman–Crippen MR) is 109 cm³/mol. The number of aromatic nitrogens is 1. The maximum atomic E-state index is 12.5. The van der Waals surface area contributed by atoms with E-state index in [2.05, 4.69) is 10.3 Å². The number of anilines is 1. The van der Waals surface area contributed by atoms with Crippen LogP contribution in [0.3, 0.4) is 0 Å². The molecule has 1 aromatic carbocycles. The second-order valence-corrected chi connectivity index (χ2v) is 8.06. The van der Waals surface area contributed by atoms with Gasteiger partial charge in [0.25, 0.3) is 5.91 Å². The summed E-state index contributed by atoms with van der Waals surface area (Å²) in [5, 5.41) is 2.67. The van der Waals surface area contributed by atoms with Gasteiger partial charge in [-0.3, -0.25) is 4.79 Å². The van der Waals surface area contributed by atoms with Gasteiger partial charge in [0.1, 0.15) is 5.69 Å². The van der Waals surface area contributed by atoms with Crippen LogP contribution in [0.5, 0.6) is 0 Å². The van der Waals surface area contributed by atoms with Crippen molar-refractivity contribution in [1.29, 1.82) is 0 Å². The Bertz CT molecular complexity index is 984. The predicted octanol–water partition coefficient (Wildman–Crippen LogP) is 2.85. The number of nitrogens with one attached hydrogen (secondary N) is 1. The molecule has 0 aliphatic rings. The summed E-state index contributed by atoms with van der Waals surface area (Å²) in [7, 11) is -3.56. The highest BCUT2D eigenvalue weighted by Gasteiger charge is 2.21.